The smallest absolute Gasteiger partial charge is 0.242 e. The molecule has 0 bridgehead atoms. The van der Waals surface area contributed by atoms with Crippen LogP contribution < -0.4 is 10.5 Å². The van der Waals surface area contributed by atoms with Crippen molar-refractivity contribution >= 4 is 27.3 Å². The summed E-state index contributed by atoms with van der Waals surface area (Å²) in [6.07, 6.45) is 7.14. The summed E-state index contributed by atoms with van der Waals surface area (Å²) in [6.45, 7) is 0.457. The van der Waals surface area contributed by atoms with E-state index in [4.69, 9.17) is 17.3 Å². The first kappa shape index (κ1) is 15.6. The number of benzene rings is 1. The van der Waals surface area contributed by atoms with Gasteiger partial charge in [-0.2, -0.15) is 0 Å². The molecule has 1 aliphatic carbocycles. The van der Waals surface area contributed by atoms with E-state index in [1.54, 1.807) is 6.07 Å². The topological polar surface area (TPSA) is 72.2 Å². The van der Waals surface area contributed by atoms with Gasteiger partial charge in [-0.3, -0.25) is 0 Å². The van der Waals surface area contributed by atoms with E-state index in [2.05, 4.69) is 4.72 Å². The van der Waals surface area contributed by atoms with Gasteiger partial charge in [0.15, 0.2) is 0 Å². The summed E-state index contributed by atoms with van der Waals surface area (Å²) in [4.78, 5) is 0.0636. The van der Waals surface area contributed by atoms with Crippen molar-refractivity contribution < 1.29 is 8.42 Å². The second kappa shape index (κ2) is 6.78. The Morgan fingerprint density at radius 3 is 2.65 bits per heavy atom. The quantitative estimate of drug-likeness (QED) is 0.819. The van der Waals surface area contributed by atoms with Crippen LogP contribution in [0.1, 0.15) is 38.5 Å². The van der Waals surface area contributed by atoms with E-state index in [9.17, 15) is 8.42 Å². The predicted octanol–water partition coefficient (Wildman–Crippen LogP) is 3.17. The molecule has 1 fully saturated rings. The lowest BCUT2D eigenvalue weighted by atomic mass is 9.87. The highest BCUT2D eigenvalue weighted by Gasteiger charge is 2.19. The fraction of sp³-hybridized carbons (Fsp3) is 0.571. The van der Waals surface area contributed by atoms with Crippen molar-refractivity contribution in [1.82, 2.24) is 4.72 Å². The molecule has 3 N–H and O–H groups in total. The lowest BCUT2D eigenvalue weighted by Crippen LogP contribution is -2.27. The van der Waals surface area contributed by atoms with Crippen molar-refractivity contribution in [2.24, 2.45) is 5.92 Å². The zero-order chi connectivity index (χ0) is 14.6. The van der Waals surface area contributed by atoms with Crippen LogP contribution in [-0.4, -0.2) is 15.0 Å². The Labute approximate surface area is 125 Å². The Kier molecular flexibility index (Phi) is 5.29. The van der Waals surface area contributed by atoms with Crippen molar-refractivity contribution in [2.75, 3.05) is 12.3 Å². The van der Waals surface area contributed by atoms with Crippen LogP contribution in [0.4, 0.5) is 5.69 Å². The molecule has 0 radical (unpaired) electrons. The average Bonchev–Trinajstić information content (AvgIpc) is 2.42. The molecule has 0 heterocycles. The number of nitrogens with one attached hydrogen (secondary N) is 1. The number of hydrogen-bond donors (Lipinski definition) is 2. The van der Waals surface area contributed by atoms with Gasteiger partial charge in [0.2, 0.25) is 10.0 Å². The van der Waals surface area contributed by atoms with Crippen molar-refractivity contribution in [3.05, 3.63) is 23.2 Å². The van der Waals surface area contributed by atoms with Crippen LogP contribution in [0.3, 0.4) is 0 Å². The van der Waals surface area contributed by atoms with Crippen LogP contribution in [0.15, 0.2) is 23.1 Å². The van der Waals surface area contributed by atoms with Gasteiger partial charge in [0, 0.05) is 11.6 Å². The van der Waals surface area contributed by atoms with Gasteiger partial charge in [-0.1, -0.05) is 43.7 Å². The van der Waals surface area contributed by atoms with Crippen LogP contribution in [0.25, 0.3) is 0 Å². The summed E-state index contributed by atoms with van der Waals surface area (Å²) in [7, 11) is -3.57. The Morgan fingerprint density at radius 1 is 1.25 bits per heavy atom. The highest BCUT2D eigenvalue weighted by molar-refractivity contribution is 7.89. The third kappa shape index (κ3) is 4.11. The molecule has 1 saturated carbocycles. The minimum absolute atomic E-state index is 0.0636. The number of rotatable bonds is 5. The van der Waals surface area contributed by atoms with E-state index in [1.807, 2.05) is 0 Å². The minimum atomic E-state index is -3.57. The summed E-state index contributed by atoms with van der Waals surface area (Å²) >= 11 is 5.83. The van der Waals surface area contributed by atoms with Gasteiger partial charge < -0.3 is 5.73 Å². The molecule has 112 valence electrons. The van der Waals surface area contributed by atoms with Crippen LogP contribution in [0, 0.1) is 5.92 Å². The number of sulfonamides is 1. The fourth-order valence-corrected chi connectivity index (χ4v) is 4.13. The Bertz CT molecular complexity index is 554. The Morgan fingerprint density at radius 2 is 1.95 bits per heavy atom. The normalized spacial score (nSPS) is 17.2. The number of nitrogens with two attached hydrogens (primary N) is 1. The van der Waals surface area contributed by atoms with E-state index in [0.717, 1.165) is 6.42 Å². The van der Waals surface area contributed by atoms with E-state index in [0.29, 0.717) is 17.5 Å². The van der Waals surface area contributed by atoms with Crippen LogP contribution in [0.2, 0.25) is 5.02 Å². The zero-order valence-electron chi connectivity index (χ0n) is 11.4. The van der Waals surface area contributed by atoms with Gasteiger partial charge in [0.1, 0.15) is 4.90 Å². The molecule has 1 aromatic carbocycles. The molecular weight excluding hydrogens is 296 g/mol. The maximum absolute atomic E-state index is 12.2. The summed E-state index contributed by atoms with van der Waals surface area (Å²) < 4.78 is 27.0. The summed E-state index contributed by atoms with van der Waals surface area (Å²) in [5.41, 5.74) is 5.93. The van der Waals surface area contributed by atoms with E-state index in [-0.39, 0.29) is 10.6 Å². The second-order valence-electron chi connectivity index (χ2n) is 5.37. The molecule has 0 saturated heterocycles. The standard InChI is InChI=1S/C14H21ClN2O2S/c15-12-6-7-13(16)14(10-12)20(18,19)17-9-8-11-4-2-1-3-5-11/h6-7,10-11,17H,1-5,8-9,16H2. The molecule has 0 aromatic heterocycles. The minimum Gasteiger partial charge on any atom is -0.398 e. The van der Waals surface area contributed by atoms with Crippen molar-refractivity contribution in [1.29, 1.82) is 0 Å². The Balaban J connectivity index is 1.95. The predicted molar refractivity (Wildman–Crippen MR) is 82.2 cm³/mol. The number of anilines is 1. The maximum Gasteiger partial charge on any atom is 0.242 e. The molecule has 6 heteroatoms. The number of halogens is 1. The SMILES string of the molecule is Nc1ccc(Cl)cc1S(=O)(=O)NCCC1CCCCC1. The zero-order valence-corrected chi connectivity index (χ0v) is 13.0. The van der Waals surface area contributed by atoms with Gasteiger partial charge in [-0.25, -0.2) is 13.1 Å². The van der Waals surface area contributed by atoms with Gasteiger partial charge in [-0.05, 0) is 30.5 Å². The molecule has 0 atom stereocenters. The monoisotopic (exact) mass is 316 g/mol. The molecule has 1 aromatic rings. The van der Waals surface area contributed by atoms with Crippen LogP contribution in [0.5, 0.6) is 0 Å². The molecule has 1 aliphatic rings. The highest BCUT2D eigenvalue weighted by Crippen LogP contribution is 2.26. The van der Waals surface area contributed by atoms with Gasteiger partial charge in [-0.15, -0.1) is 0 Å². The lowest BCUT2D eigenvalue weighted by Gasteiger charge is -2.21. The van der Waals surface area contributed by atoms with Crippen molar-refractivity contribution in [3.63, 3.8) is 0 Å². The third-order valence-electron chi connectivity index (χ3n) is 3.83. The van der Waals surface area contributed by atoms with Crippen LogP contribution in [-0.2, 0) is 10.0 Å². The third-order valence-corrected chi connectivity index (χ3v) is 5.59. The fourth-order valence-electron chi connectivity index (χ4n) is 2.69. The number of hydrogen-bond acceptors (Lipinski definition) is 3. The molecule has 2 rings (SSSR count). The first-order valence-corrected chi connectivity index (χ1v) is 8.90. The summed E-state index contributed by atoms with van der Waals surface area (Å²) in [5, 5.41) is 0.367. The summed E-state index contributed by atoms with van der Waals surface area (Å²) in [6, 6.07) is 4.48. The van der Waals surface area contributed by atoms with E-state index < -0.39 is 10.0 Å². The molecule has 0 spiro atoms. The van der Waals surface area contributed by atoms with Crippen molar-refractivity contribution in [2.45, 2.75) is 43.4 Å². The largest absolute Gasteiger partial charge is 0.398 e. The molecule has 0 unspecified atom stereocenters. The molecule has 0 amide bonds. The molecule has 20 heavy (non-hydrogen) atoms. The lowest BCUT2D eigenvalue weighted by molar-refractivity contribution is 0.339. The van der Waals surface area contributed by atoms with Gasteiger partial charge in [0.25, 0.3) is 0 Å². The highest BCUT2D eigenvalue weighted by atomic mass is 35.5. The average molecular weight is 317 g/mol. The second-order valence-corrected chi connectivity index (χ2v) is 7.54. The first-order valence-electron chi connectivity index (χ1n) is 7.04. The van der Waals surface area contributed by atoms with E-state index in [1.165, 1.54) is 44.2 Å². The maximum atomic E-state index is 12.2. The summed E-state index contributed by atoms with van der Waals surface area (Å²) in [5.74, 6) is 0.642. The molecule has 4 nitrogen and oxygen atoms in total. The number of nitrogen functional groups attached to an aromatic ring is 1. The van der Waals surface area contributed by atoms with Gasteiger partial charge in [0.05, 0.1) is 5.69 Å². The van der Waals surface area contributed by atoms with E-state index >= 15 is 0 Å². The molecular formula is C14H21ClN2O2S. The van der Waals surface area contributed by atoms with Crippen molar-refractivity contribution in [3.8, 4) is 0 Å². The van der Waals surface area contributed by atoms with Gasteiger partial charge >= 0.3 is 0 Å². The Hall–Kier alpha value is -0.780. The first-order chi connectivity index (χ1) is 9.49. The van der Waals surface area contributed by atoms with Crippen LogP contribution >= 0.6 is 11.6 Å². The molecule has 0 aliphatic heterocycles.